The molecular weight excluding hydrogens is 240 g/mol. The lowest BCUT2D eigenvalue weighted by molar-refractivity contribution is -0.132. The highest BCUT2D eigenvalue weighted by Crippen LogP contribution is 2.32. The van der Waals surface area contributed by atoms with Crippen molar-refractivity contribution in [1.82, 2.24) is 9.80 Å². The van der Waals surface area contributed by atoms with Crippen LogP contribution in [0, 0.1) is 0 Å². The molecule has 0 N–H and O–H groups in total. The first kappa shape index (κ1) is 13.3. The Hall–Kier alpha value is -2.10. The maximum Gasteiger partial charge on any atom is 0.224 e. The average molecular weight is 258 g/mol. The number of carbonyl (C=O) groups is 2. The number of carbonyl (C=O) groups excluding carboxylic acids is 2. The van der Waals surface area contributed by atoms with Crippen molar-refractivity contribution in [3.05, 3.63) is 41.6 Å². The molecule has 2 rings (SSSR count). The molecule has 1 aliphatic heterocycles. The van der Waals surface area contributed by atoms with Crippen LogP contribution in [0.25, 0.3) is 6.08 Å². The van der Waals surface area contributed by atoms with Crippen molar-refractivity contribution in [3.8, 4) is 0 Å². The van der Waals surface area contributed by atoms with E-state index in [0.717, 1.165) is 11.1 Å². The summed E-state index contributed by atoms with van der Waals surface area (Å²) in [5.74, 6) is -0.0383. The first-order valence-corrected chi connectivity index (χ1v) is 6.27. The zero-order chi connectivity index (χ0) is 14.0. The molecule has 100 valence electrons. The van der Waals surface area contributed by atoms with Gasteiger partial charge in [-0.25, -0.2) is 0 Å². The molecule has 1 unspecified atom stereocenters. The van der Waals surface area contributed by atoms with Gasteiger partial charge in [-0.05, 0) is 17.2 Å². The lowest BCUT2D eigenvalue weighted by Gasteiger charge is -2.32. The summed E-state index contributed by atoms with van der Waals surface area (Å²) in [5, 5.41) is 0. The van der Waals surface area contributed by atoms with Gasteiger partial charge in [0.05, 0.1) is 12.5 Å². The molecule has 0 bridgehead atoms. The second kappa shape index (κ2) is 5.26. The van der Waals surface area contributed by atoms with E-state index in [9.17, 15) is 9.59 Å². The van der Waals surface area contributed by atoms with Crippen LogP contribution in [0.3, 0.4) is 0 Å². The maximum absolute atomic E-state index is 12.0. The zero-order valence-corrected chi connectivity index (χ0v) is 11.5. The summed E-state index contributed by atoms with van der Waals surface area (Å²) in [5.41, 5.74) is 2.09. The molecule has 0 fully saturated rings. The highest BCUT2D eigenvalue weighted by Gasteiger charge is 2.28. The minimum atomic E-state index is -0.214. The van der Waals surface area contributed by atoms with Crippen molar-refractivity contribution < 1.29 is 9.59 Å². The molecule has 1 aromatic rings. The lowest BCUT2D eigenvalue weighted by atomic mass is 9.93. The Labute approximate surface area is 113 Å². The predicted octanol–water partition coefficient (Wildman–Crippen LogP) is 2.04. The van der Waals surface area contributed by atoms with E-state index in [4.69, 9.17) is 0 Å². The standard InChI is InChI=1S/C15H18N2O2/c1-11(18)17-9-8-12-6-4-5-7-13(12)14(17)10-15(19)16(2)3/h4-9,14H,10H2,1-3H3. The summed E-state index contributed by atoms with van der Waals surface area (Å²) in [4.78, 5) is 26.9. The molecule has 0 spiro atoms. The number of amides is 2. The molecule has 1 aliphatic rings. The van der Waals surface area contributed by atoms with Gasteiger partial charge < -0.3 is 9.80 Å². The van der Waals surface area contributed by atoms with Crippen LogP contribution in [0.15, 0.2) is 30.5 Å². The smallest absolute Gasteiger partial charge is 0.224 e. The second-order valence-corrected chi connectivity index (χ2v) is 4.88. The van der Waals surface area contributed by atoms with E-state index in [-0.39, 0.29) is 17.9 Å². The average Bonchev–Trinajstić information content (AvgIpc) is 2.38. The second-order valence-electron chi connectivity index (χ2n) is 4.88. The normalized spacial score (nSPS) is 17.0. The third kappa shape index (κ3) is 2.67. The van der Waals surface area contributed by atoms with Crippen LogP contribution in [0.1, 0.15) is 30.5 Å². The molecule has 0 aliphatic carbocycles. The highest BCUT2D eigenvalue weighted by atomic mass is 16.2. The molecule has 2 amide bonds. The molecule has 19 heavy (non-hydrogen) atoms. The van der Waals surface area contributed by atoms with E-state index in [1.807, 2.05) is 30.3 Å². The van der Waals surface area contributed by atoms with Gasteiger partial charge in [-0.15, -0.1) is 0 Å². The fourth-order valence-corrected chi connectivity index (χ4v) is 2.26. The van der Waals surface area contributed by atoms with Gasteiger partial charge in [0, 0.05) is 27.2 Å². The van der Waals surface area contributed by atoms with Gasteiger partial charge in [0.1, 0.15) is 0 Å². The number of benzene rings is 1. The van der Waals surface area contributed by atoms with Gasteiger partial charge in [0.15, 0.2) is 0 Å². The molecule has 0 radical (unpaired) electrons. The number of nitrogens with zero attached hydrogens (tertiary/aromatic N) is 2. The SMILES string of the molecule is CC(=O)N1C=Cc2ccccc2C1CC(=O)N(C)C. The van der Waals surface area contributed by atoms with E-state index in [0.29, 0.717) is 6.42 Å². The first-order valence-electron chi connectivity index (χ1n) is 6.27. The monoisotopic (exact) mass is 258 g/mol. The minimum Gasteiger partial charge on any atom is -0.349 e. The van der Waals surface area contributed by atoms with Gasteiger partial charge in [-0.1, -0.05) is 24.3 Å². The van der Waals surface area contributed by atoms with Crippen molar-refractivity contribution in [1.29, 1.82) is 0 Å². The number of hydrogen-bond donors (Lipinski definition) is 0. The number of hydrogen-bond acceptors (Lipinski definition) is 2. The Morgan fingerprint density at radius 1 is 1.26 bits per heavy atom. The first-order chi connectivity index (χ1) is 9.00. The highest BCUT2D eigenvalue weighted by molar-refractivity contribution is 5.81. The largest absolute Gasteiger partial charge is 0.349 e. The van der Waals surface area contributed by atoms with Gasteiger partial charge in [-0.3, -0.25) is 9.59 Å². The fraction of sp³-hybridized carbons (Fsp3) is 0.333. The van der Waals surface area contributed by atoms with E-state index >= 15 is 0 Å². The van der Waals surface area contributed by atoms with Crippen LogP contribution >= 0.6 is 0 Å². The summed E-state index contributed by atoms with van der Waals surface area (Å²) < 4.78 is 0. The van der Waals surface area contributed by atoms with Crippen LogP contribution in [-0.4, -0.2) is 35.7 Å². The molecule has 4 heteroatoms. The third-order valence-electron chi connectivity index (χ3n) is 3.34. The Kier molecular flexibility index (Phi) is 3.69. The Morgan fingerprint density at radius 3 is 2.58 bits per heavy atom. The molecule has 0 saturated heterocycles. The van der Waals surface area contributed by atoms with Gasteiger partial charge in [0.2, 0.25) is 11.8 Å². The van der Waals surface area contributed by atoms with Gasteiger partial charge >= 0.3 is 0 Å². The number of fused-ring (bicyclic) bond motifs is 1. The molecule has 1 atom stereocenters. The maximum atomic E-state index is 12.0. The van der Waals surface area contributed by atoms with E-state index in [2.05, 4.69) is 0 Å². The summed E-state index contributed by atoms with van der Waals surface area (Å²) in [6.07, 6.45) is 3.97. The van der Waals surface area contributed by atoms with Crippen molar-refractivity contribution in [3.63, 3.8) is 0 Å². The van der Waals surface area contributed by atoms with E-state index in [1.165, 1.54) is 6.92 Å². The summed E-state index contributed by atoms with van der Waals surface area (Å²) in [6.45, 7) is 1.52. The van der Waals surface area contributed by atoms with E-state index < -0.39 is 0 Å². The van der Waals surface area contributed by atoms with Crippen LogP contribution in [0.4, 0.5) is 0 Å². The summed E-state index contributed by atoms with van der Waals surface area (Å²) in [7, 11) is 3.45. The van der Waals surface area contributed by atoms with Crippen molar-refractivity contribution in [2.45, 2.75) is 19.4 Å². The van der Waals surface area contributed by atoms with E-state index in [1.54, 1.807) is 30.1 Å². The topological polar surface area (TPSA) is 40.6 Å². The van der Waals surface area contributed by atoms with Crippen LogP contribution < -0.4 is 0 Å². The van der Waals surface area contributed by atoms with Crippen LogP contribution in [0.2, 0.25) is 0 Å². The molecule has 0 saturated carbocycles. The van der Waals surface area contributed by atoms with Crippen LogP contribution in [-0.2, 0) is 9.59 Å². The molecule has 0 aromatic heterocycles. The predicted molar refractivity (Wildman–Crippen MR) is 74.0 cm³/mol. The fourth-order valence-electron chi connectivity index (χ4n) is 2.26. The molecule has 4 nitrogen and oxygen atoms in total. The molecular formula is C15H18N2O2. The summed E-state index contributed by atoms with van der Waals surface area (Å²) >= 11 is 0. The van der Waals surface area contributed by atoms with Gasteiger partial charge in [-0.2, -0.15) is 0 Å². The van der Waals surface area contributed by atoms with Crippen molar-refractivity contribution >= 4 is 17.9 Å². The Balaban J connectivity index is 2.37. The minimum absolute atomic E-state index is 0.0151. The Bertz CT molecular complexity index is 535. The molecule has 1 aromatic carbocycles. The lowest BCUT2D eigenvalue weighted by Crippen LogP contribution is -2.34. The Morgan fingerprint density at radius 2 is 1.95 bits per heavy atom. The van der Waals surface area contributed by atoms with Crippen molar-refractivity contribution in [2.24, 2.45) is 0 Å². The quantitative estimate of drug-likeness (QED) is 0.814. The number of rotatable bonds is 2. The van der Waals surface area contributed by atoms with Crippen LogP contribution in [0.5, 0.6) is 0 Å². The molecule has 1 heterocycles. The van der Waals surface area contributed by atoms with Gasteiger partial charge in [0.25, 0.3) is 0 Å². The zero-order valence-electron chi connectivity index (χ0n) is 11.5. The summed E-state index contributed by atoms with van der Waals surface area (Å²) in [6, 6.07) is 7.65. The third-order valence-corrected chi connectivity index (χ3v) is 3.34. The van der Waals surface area contributed by atoms with Crippen molar-refractivity contribution in [2.75, 3.05) is 14.1 Å².